The maximum Gasteiger partial charge on any atom is 0.152 e. The van der Waals surface area contributed by atoms with Crippen molar-refractivity contribution in [2.75, 3.05) is 30.3 Å². The molecule has 2 heterocycles. The van der Waals surface area contributed by atoms with E-state index in [-0.39, 0.29) is 6.10 Å². The average Bonchev–Trinajstić information content (AvgIpc) is 2.47. The molecular weight excluding hydrogens is 202 g/mol. The number of ether oxygens (including phenoxy) is 1. The lowest BCUT2D eigenvalue weighted by Gasteiger charge is -2.24. The Bertz CT molecular complexity index is 367. The van der Waals surface area contributed by atoms with Gasteiger partial charge in [-0.15, -0.1) is 0 Å². The molecule has 1 fully saturated rings. The molecule has 0 radical (unpaired) electrons. The van der Waals surface area contributed by atoms with Gasteiger partial charge in [0.25, 0.3) is 0 Å². The molecular formula is C12H19N3O. The molecule has 4 heteroatoms. The number of rotatable bonds is 1. The number of aromatic nitrogens is 1. The van der Waals surface area contributed by atoms with E-state index >= 15 is 0 Å². The predicted molar refractivity (Wildman–Crippen MR) is 65.6 cm³/mol. The SMILES string of the molecule is Cc1ccnc(N2CCCOC(C)C2)c1N. The number of nitrogens with two attached hydrogens (primary N) is 1. The van der Waals surface area contributed by atoms with Gasteiger partial charge in [0.1, 0.15) is 0 Å². The third-order valence-corrected chi connectivity index (χ3v) is 2.94. The van der Waals surface area contributed by atoms with Gasteiger partial charge in [-0.3, -0.25) is 0 Å². The highest BCUT2D eigenvalue weighted by Gasteiger charge is 2.18. The highest BCUT2D eigenvalue weighted by Crippen LogP contribution is 2.24. The Morgan fingerprint density at radius 3 is 3.19 bits per heavy atom. The van der Waals surface area contributed by atoms with Crippen LogP contribution in [0.4, 0.5) is 11.5 Å². The molecule has 1 unspecified atom stereocenters. The van der Waals surface area contributed by atoms with Gasteiger partial charge in [-0.2, -0.15) is 0 Å². The van der Waals surface area contributed by atoms with Crippen molar-refractivity contribution in [3.63, 3.8) is 0 Å². The molecule has 16 heavy (non-hydrogen) atoms. The Morgan fingerprint density at radius 2 is 2.38 bits per heavy atom. The monoisotopic (exact) mass is 221 g/mol. The summed E-state index contributed by atoms with van der Waals surface area (Å²) in [6.45, 7) is 6.75. The van der Waals surface area contributed by atoms with Crippen molar-refractivity contribution in [1.82, 2.24) is 4.98 Å². The number of nitrogens with zero attached hydrogens (tertiary/aromatic N) is 2. The molecule has 1 aromatic heterocycles. The molecule has 1 saturated heterocycles. The molecule has 4 nitrogen and oxygen atoms in total. The van der Waals surface area contributed by atoms with Crippen LogP contribution in [0.15, 0.2) is 12.3 Å². The second-order valence-electron chi connectivity index (χ2n) is 4.35. The first-order valence-corrected chi connectivity index (χ1v) is 5.76. The second kappa shape index (κ2) is 4.70. The van der Waals surface area contributed by atoms with Crippen LogP contribution in [-0.4, -0.2) is 30.8 Å². The topological polar surface area (TPSA) is 51.4 Å². The molecule has 2 N–H and O–H groups in total. The largest absolute Gasteiger partial charge is 0.396 e. The zero-order valence-corrected chi connectivity index (χ0v) is 9.94. The van der Waals surface area contributed by atoms with Crippen LogP contribution in [0.25, 0.3) is 0 Å². The zero-order valence-electron chi connectivity index (χ0n) is 9.94. The number of nitrogen functional groups attached to an aromatic ring is 1. The zero-order chi connectivity index (χ0) is 11.5. The van der Waals surface area contributed by atoms with Crippen LogP contribution < -0.4 is 10.6 Å². The lowest BCUT2D eigenvalue weighted by molar-refractivity contribution is 0.0820. The van der Waals surface area contributed by atoms with Crippen LogP contribution in [0.1, 0.15) is 18.9 Å². The Labute approximate surface area is 96.4 Å². The summed E-state index contributed by atoms with van der Waals surface area (Å²) < 4.78 is 5.61. The van der Waals surface area contributed by atoms with E-state index in [2.05, 4.69) is 16.8 Å². The van der Waals surface area contributed by atoms with Gasteiger partial charge in [-0.1, -0.05) is 0 Å². The summed E-state index contributed by atoms with van der Waals surface area (Å²) >= 11 is 0. The minimum atomic E-state index is 0.240. The first kappa shape index (κ1) is 11.2. The fourth-order valence-electron chi connectivity index (χ4n) is 1.99. The molecule has 2 rings (SSSR count). The molecule has 0 aliphatic carbocycles. The fraction of sp³-hybridized carbons (Fsp3) is 0.583. The lowest BCUT2D eigenvalue weighted by atomic mass is 10.2. The van der Waals surface area contributed by atoms with Gasteiger partial charge in [0.2, 0.25) is 0 Å². The first-order chi connectivity index (χ1) is 7.68. The summed E-state index contributed by atoms with van der Waals surface area (Å²) in [5, 5.41) is 0. The number of hydrogen-bond acceptors (Lipinski definition) is 4. The highest BCUT2D eigenvalue weighted by atomic mass is 16.5. The van der Waals surface area contributed by atoms with Crippen LogP contribution in [0.3, 0.4) is 0 Å². The van der Waals surface area contributed by atoms with Gasteiger partial charge >= 0.3 is 0 Å². The Hall–Kier alpha value is -1.29. The molecule has 0 bridgehead atoms. The van der Waals surface area contributed by atoms with Gasteiger partial charge in [0.15, 0.2) is 5.82 Å². The van der Waals surface area contributed by atoms with Crippen molar-refractivity contribution in [3.05, 3.63) is 17.8 Å². The summed E-state index contributed by atoms with van der Waals surface area (Å²) in [5.41, 5.74) is 7.94. The van der Waals surface area contributed by atoms with Crippen molar-refractivity contribution < 1.29 is 4.74 Å². The molecule has 0 amide bonds. The van der Waals surface area contributed by atoms with Crippen LogP contribution >= 0.6 is 0 Å². The maximum absolute atomic E-state index is 6.06. The molecule has 88 valence electrons. The molecule has 0 aromatic carbocycles. The summed E-state index contributed by atoms with van der Waals surface area (Å²) in [6, 6.07) is 1.94. The third kappa shape index (κ3) is 2.27. The quantitative estimate of drug-likeness (QED) is 0.782. The van der Waals surface area contributed by atoms with E-state index in [9.17, 15) is 0 Å². The second-order valence-corrected chi connectivity index (χ2v) is 4.35. The van der Waals surface area contributed by atoms with E-state index in [1.807, 2.05) is 19.2 Å². The summed E-state index contributed by atoms with van der Waals surface area (Å²) in [6.07, 6.45) is 3.08. The smallest absolute Gasteiger partial charge is 0.152 e. The van der Waals surface area contributed by atoms with Crippen LogP contribution in [0.5, 0.6) is 0 Å². The number of aryl methyl sites for hydroxylation is 1. The van der Waals surface area contributed by atoms with Gasteiger partial charge in [0, 0.05) is 25.9 Å². The standard InChI is InChI=1S/C12H19N3O/c1-9-4-5-14-12(11(9)13)15-6-3-7-16-10(2)8-15/h4-5,10H,3,6-8,13H2,1-2H3. The fourth-order valence-corrected chi connectivity index (χ4v) is 1.99. The molecule has 1 aromatic rings. The normalized spacial score (nSPS) is 21.9. The summed E-state index contributed by atoms with van der Waals surface area (Å²) in [7, 11) is 0. The van der Waals surface area contributed by atoms with E-state index < -0.39 is 0 Å². The summed E-state index contributed by atoms with van der Waals surface area (Å²) in [5.74, 6) is 0.900. The van der Waals surface area contributed by atoms with Crippen molar-refractivity contribution in [1.29, 1.82) is 0 Å². The van der Waals surface area contributed by atoms with Gasteiger partial charge < -0.3 is 15.4 Å². The van der Waals surface area contributed by atoms with Crippen molar-refractivity contribution >= 4 is 11.5 Å². The average molecular weight is 221 g/mol. The van der Waals surface area contributed by atoms with E-state index in [1.54, 1.807) is 0 Å². The van der Waals surface area contributed by atoms with Crippen LogP contribution in [0.2, 0.25) is 0 Å². The number of hydrogen-bond donors (Lipinski definition) is 1. The summed E-state index contributed by atoms with van der Waals surface area (Å²) in [4.78, 5) is 6.61. The van der Waals surface area contributed by atoms with Gasteiger partial charge in [-0.05, 0) is 31.9 Å². The number of anilines is 2. The van der Waals surface area contributed by atoms with Crippen molar-refractivity contribution in [2.45, 2.75) is 26.4 Å². The Kier molecular flexibility index (Phi) is 3.29. The van der Waals surface area contributed by atoms with Crippen LogP contribution in [0, 0.1) is 6.92 Å². The predicted octanol–water partition coefficient (Wildman–Crippen LogP) is 1.59. The molecule has 0 spiro atoms. The molecule has 0 saturated carbocycles. The molecule has 1 aliphatic rings. The van der Waals surface area contributed by atoms with Crippen molar-refractivity contribution in [2.24, 2.45) is 0 Å². The lowest BCUT2D eigenvalue weighted by Crippen LogP contribution is -2.31. The van der Waals surface area contributed by atoms with Gasteiger partial charge in [0.05, 0.1) is 11.8 Å². The van der Waals surface area contributed by atoms with Crippen molar-refractivity contribution in [3.8, 4) is 0 Å². The molecule has 1 atom stereocenters. The van der Waals surface area contributed by atoms with Gasteiger partial charge in [-0.25, -0.2) is 4.98 Å². The molecule has 1 aliphatic heterocycles. The third-order valence-electron chi connectivity index (χ3n) is 2.94. The van der Waals surface area contributed by atoms with E-state index in [4.69, 9.17) is 10.5 Å². The van der Waals surface area contributed by atoms with E-state index in [0.717, 1.165) is 43.2 Å². The van der Waals surface area contributed by atoms with E-state index in [0.29, 0.717) is 0 Å². The number of pyridine rings is 1. The van der Waals surface area contributed by atoms with Crippen LogP contribution in [-0.2, 0) is 4.74 Å². The maximum atomic E-state index is 6.06. The first-order valence-electron chi connectivity index (χ1n) is 5.76. The minimum Gasteiger partial charge on any atom is -0.396 e. The Morgan fingerprint density at radius 1 is 1.56 bits per heavy atom. The minimum absolute atomic E-state index is 0.240. The Balaban J connectivity index is 2.24. The van der Waals surface area contributed by atoms with E-state index in [1.165, 1.54) is 0 Å². The highest BCUT2D eigenvalue weighted by molar-refractivity contribution is 5.66.